The summed E-state index contributed by atoms with van der Waals surface area (Å²) in [5, 5.41) is 3.60. The first kappa shape index (κ1) is 17.1. The molecule has 0 radical (unpaired) electrons. The number of hydrogen-bond acceptors (Lipinski definition) is 5. The monoisotopic (exact) mass is 291 g/mol. The van der Waals surface area contributed by atoms with Crippen LogP contribution in [0.4, 0.5) is 0 Å². The topological polar surface area (TPSA) is 49.0 Å². The van der Waals surface area contributed by atoms with Crippen molar-refractivity contribution in [3.8, 4) is 0 Å². The van der Waals surface area contributed by atoms with Crippen molar-refractivity contribution in [2.75, 3.05) is 27.9 Å². The number of nitrogens with one attached hydrogen (secondary N) is 1. The summed E-state index contributed by atoms with van der Waals surface area (Å²) >= 11 is 0. The van der Waals surface area contributed by atoms with Crippen molar-refractivity contribution < 1.29 is 18.0 Å². The fourth-order valence-corrected chi connectivity index (χ4v) is 4.46. The second-order valence-corrected chi connectivity index (χ2v) is 8.37. The summed E-state index contributed by atoms with van der Waals surface area (Å²) in [5.41, 5.74) is 0. The minimum atomic E-state index is -2.40. The lowest BCUT2D eigenvalue weighted by molar-refractivity contribution is -0.0419. The van der Waals surface area contributed by atoms with Crippen molar-refractivity contribution in [2.24, 2.45) is 0 Å². The van der Waals surface area contributed by atoms with E-state index >= 15 is 0 Å². The van der Waals surface area contributed by atoms with E-state index in [1.54, 1.807) is 21.3 Å². The number of ether oxygens (including phenoxy) is 1. The molecular weight excluding hydrogens is 262 g/mol. The second-order valence-electron chi connectivity index (χ2n) is 5.28. The minimum Gasteiger partial charge on any atom is -0.377 e. The van der Waals surface area contributed by atoms with Crippen LogP contribution in [0.5, 0.6) is 0 Å². The van der Waals surface area contributed by atoms with Gasteiger partial charge >= 0.3 is 8.80 Å². The zero-order chi connectivity index (χ0) is 14.3. The van der Waals surface area contributed by atoms with Crippen LogP contribution >= 0.6 is 0 Å². The third kappa shape index (κ3) is 5.49. The molecule has 114 valence electrons. The van der Waals surface area contributed by atoms with Gasteiger partial charge in [0.15, 0.2) is 0 Å². The van der Waals surface area contributed by atoms with Crippen LogP contribution in [-0.4, -0.2) is 54.9 Å². The smallest absolute Gasteiger partial charge is 0.377 e. The Morgan fingerprint density at radius 3 is 2.05 bits per heavy atom. The van der Waals surface area contributed by atoms with Crippen molar-refractivity contribution in [2.45, 2.75) is 57.4 Å². The van der Waals surface area contributed by atoms with E-state index in [1.807, 2.05) is 0 Å². The molecule has 0 spiro atoms. The Morgan fingerprint density at radius 2 is 1.58 bits per heavy atom. The average molecular weight is 291 g/mol. The zero-order valence-corrected chi connectivity index (χ0v) is 13.9. The fourth-order valence-electron chi connectivity index (χ4n) is 2.74. The Morgan fingerprint density at radius 1 is 1.05 bits per heavy atom. The van der Waals surface area contributed by atoms with Crippen molar-refractivity contribution in [1.82, 2.24) is 5.32 Å². The molecule has 0 bridgehead atoms. The summed E-state index contributed by atoms with van der Waals surface area (Å²) in [5.74, 6) is 0. The highest BCUT2D eigenvalue weighted by Gasteiger charge is 2.36. The van der Waals surface area contributed by atoms with Gasteiger partial charge in [-0.3, -0.25) is 0 Å². The van der Waals surface area contributed by atoms with E-state index in [0.29, 0.717) is 18.2 Å². The molecule has 0 amide bonds. The van der Waals surface area contributed by atoms with Crippen LogP contribution in [0, 0.1) is 0 Å². The first-order chi connectivity index (χ1) is 9.05. The van der Waals surface area contributed by atoms with E-state index in [2.05, 4.69) is 19.2 Å². The van der Waals surface area contributed by atoms with Crippen LogP contribution in [-0.2, 0) is 18.0 Å². The maximum Gasteiger partial charge on any atom is 0.500 e. The molecule has 1 saturated heterocycles. The molecule has 1 rings (SSSR count). The zero-order valence-electron chi connectivity index (χ0n) is 12.9. The molecule has 0 aromatic rings. The highest BCUT2D eigenvalue weighted by atomic mass is 28.4. The Kier molecular flexibility index (Phi) is 7.49. The minimum absolute atomic E-state index is 0.353. The summed E-state index contributed by atoms with van der Waals surface area (Å²) in [7, 11) is 2.59. The van der Waals surface area contributed by atoms with Crippen LogP contribution in [0.25, 0.3) is 0 Å². The summed E-state index contributed by atoms with van der Waals surface area (Å²) < 4.78 is 22.0. The lowest BCUT2D eigenvalue weighted by Gasteiger charge is -2.33. The van der Waals surface area contributed by atoms with Gasteiger partial charge in [-0.15, -0.1) is 0 Å². The van der Waals surface area contributed by atoms with Gasteiger partial charge in [0.05, 0.1) is 12.2 Å². The van der Waals surface area contributed by atoms with Crippen molar-refractivity contribution in [3.05, 3.63) is 0 Å². The van der Waals surface area contributed by atoms with Gasteiger partial charge in [0.25, 0.3) is 0 Å². The normalized spacial score (nSPS) is 28.6. The standard InChI is InChI=1S/C13H29NO4Si/c1-11-9-13(10-12(2)18-11)14-7-6-8-19(15-3,16-4)17-5/h11-14H,6-10H2,1-5H3. The average Bonchev–Trinajstić information content (AvgIpc) is 2.39. The molecule has 1 N–H and O–H groups in total. The van der Waals surface area contributed by atoms with Gasteiger partial charge in [0, 0.05) is 33.4 Å². The van der Waals surface area contributed by atoms with Gasteiger partial charge in [0.1, 0.15) is 0 Å². The van der Waals surface area contributed by atoms with Gasteiger partial charge in [-0.2, -0.15) is 0 Å². The molecule has 0 aromatic carbocycles. The van der Waals surface area contributed by atoms with Gasteiger partial charge in [0.2, 0.25) is 0 Å². The maximum absolute atomic E-state index is 5.74. The molecule has 1 heterocycles. The van der Waals surface area contributed by atoms with Crippen LogP contribution in [0.2, 0.25) is 6.04 Å². The van der Waals surface area contributed by atoms with Crippen LogP contribution in [0.3, 0.4) is 0 Å². The predicted molar refractivity (Wildman–Crippen MR) is 77.2 cm³/mol. The van der Waals surface area contributed by atoms with Crippen LogP contribution in [0.15, 0.2) is 0 Å². The SMILES string of the molecule is CO[Si](CCCNC1CC(C)OC(C)C1)(OC)OC. The van der Waals surface area contributed by atoms with E-state index in [0.717, 1.165) is 31.9 Å². The second kappa shape index (κ2) is 8.34. The molecule has 0 aromatic heterocycles. The van der Waals surface area contributed by atoms with Crippen molar-refractivity contribution >= 4 is 8.80 Å². The first-order valence-corrected chi connectivity index (χ1v) is 9.02. The van der Waals surface area contributed by atoms with Gasteiger partial charge in [-0.25, -0.2) is 0 Å². The van der Waals surface area contributed by atoms with E-state index in [4.69, 9.17) is 18.0 Å². The predicted octanol–water partition coefficient (Wildman–Crippen LogP) is 1.80. The number of rotatable bonds is 8. The summed E-state index contributed by atoms with van der Waals surface area (Å²) in [6, 6.07) is 1.40. The van der Waals surface area contributed by atoms with Gasteiger partial charge in [-0.05, 0) is 39.7 Å². The van der Waals surface area contributed by atoms with E-state index < -0.39 is 8.80 Å². The molecule has 1 aliphatic heterocycles. The molecule has 1 aliphatic rings. The summed E-state index contributed by atoms with van der Waals surface area (Å²) in [6.45, 7) is 5.25. The molecule has 2 atom stereocenters. The van der Waals surface area contributed by atoms with E-state index in [9.17, 15) is 0 Å². The Bertz CT molecular complexity index is 233. The van der Waals surface area contributed by atoms with Gasteiger partial charge in [-0.1, -0.05) is 0 Å². The molecule has 1 fully saturated rings. The Labute approximate surface area is 118 Å². The van der Waals surface area contributed by atoms with E-state index in [-0.39, 0.29) is 0 Å². The lowest BCUT2D eigenvalue weighted by Crippen LogP contribution is -2.44. The van der Waals surface area contributed by atoms with E-state index in [1.165, 1.54) is 0 Å². The molecular formula is C13H29NO4Si. The third-order valence-electron chi connectivity index (χ3n) is 3.72. The molecule has 2 unspecified atom stereocenters. The Hall–Kier alpha value is 0.0169. The van der Waals surface area contributed by atoms with Crippen LogP contribution in [0.1, 0.15) is 33.1 Å². The van der Waals surface area contributed by atoms with Gasteiger partial charge < -0.3 is 23.3 Å². The van der Waals surface area contributed by atoms with Crippen molar-refractivity contribution in [3.63, 3.8) is 0 Å². The first-order valence-electron chi connectivity index (χ1n) is 7.09. The quantitative estimate of drug-likeness (QED) is 0.546. The van der Waals surface area contributed by atoms with Crippen LogP contribution < -0.4 is 5.32 Å². The third-order valence-corrected chi connectivity index (χ3v) is 6.56. The molecule has 19 heavy (non-hydrogen) atoms. The maximum atomic E-state index is 5.74. The highest BCUT2D eigenvalue weighted by Crippen LogP contribution is 2.19. The summed E-state index contributed by atoms with van der Waals surface area (Å²) in [4.78, 5) is 0. The fraction of sp³-hybridized carbons (Fsp3) is 1.00. The molecule has 5 nitrogen and oxygen atoms in total. The number of hydrogen-bond donors (Lipinski definition) is 1. The lowest BCUT2D eigenvalue weighted by atomic mass is 10.00. The molecule has 6 heteroatoms. The molecule has 0 aliphatic carbocycles. The summed E-state index contributed by atoms with van der Waals surface area (Å²) in [6.07, 6.45) is 3.89. The molecule has 0 saturated carbocycles. The largest absolute Gasteiger partial charge is 0.500 e. The Balaban J connectivity index is 2.23. The highest BCUT2D eigenvalue weighted by molar-refractivity contribution is 6.60. The van der Waals surface area contributed by atoms with Crippen molar-refractivity contribution in [1.29, 1.82) is 0 Å².